The van der Waals surface area contributed by atoms with Gasteiger partial charge < -0.3 is 25.4 Å². The van der Waals surface area contributed by atoms with Crippen molar-refractivity contribution in [3.8, 4) is 22.6 Å². The van der Waals surface area contributed by atoms with Gasteiger partial charge >= 0.3 is 12.4 Å². The van der Waals surface area contributed by atoms with E-state index in [0.29, 0.717) is 54.1 Å². The summed E-state index contributed by atoms with van der Waals surface area (Å²) in [5.74, 6) is -0.130. The molecule has 3 N–H and O–H groups in total. The number of ether oxygens (including phenoxy) is 2. The number of hydrogen-bond donors (Lipinski definition) is 2. The van der Waals surface area contributed by atoms with E-state index in [2.05, 4.69) is 10.1 Å². The molecule has 37 heavy (non-hydrogen) atoms. The Hall–Kier alpha value is -4.21. The molecule has 7 nitrogen and oxygen atoms in total. The average Bonchev–Trinajstić information content (AvgIpc) is 2.84. The predicted molar refractivity (Wildman–Crippen MR) is 132 cm³/mol. The Morgan fingerprint density at radius 3 is 2.30 bits per heavy atom. The first-order valence-corrected chi connectivity index (χ1v) is 11.7. The number of amides is 3. The average molecular weight is 514 g/mol. The second kappa shape index (κ2) is 10.8. The van der Waals surface area contributed by atoms with Crippen LogP contribution in [-0.4, -0.2) is 42.4 Å². The molecule has 0 aliphatic carbocycles. The molecule has 0 aromatic heterocycles. The molecule has 1 heterocycles. The second-order valence-electron chi connectivity index (χ2n) is 8.69. The number of nitrogens with two attached hydrogens (primary N) is 1. The number of anilines is 1. The molecule has 4 rings (SSSR count). The molecule has 10 heteroatoms. The van der Waals surface area contributed by atoms with Gasteiger partial charge in [0, 0.05) is 43.2 Å². The number of aryl methyl sites for hydroxylation is 1. The fraction of sp³-hybridized carbons (Fsp3) is 0.259. The summed E-state index contributed by atoms with van der Waals surface area (Å²) in [6.45, 7) is 2.87. The number of likely N-dealkylation sites (tertiary alicyclic amines) is 1. The van der Waals surface area contributed by atoms with Crippen molar-refractivity contribution in [3.63, 3.8) is 0 Å². The highest BCUT2D eigenvalue weighted by molar-refractivity contribution is 6.09. The van der Waals surface area contributed by atoms with E-state index < -0.39 is 12.4 Å². The Balaban J connectivity index is 1.48. The van der Waals surface area contributed by atoms with Crippen LogP contribution in [-0.2, 0) is 0 Å². The van der Waals surface area contributed by atoms with E-state index in [0.717, 1.165) is 5.56 Å². The Kier molecular flexibility index (Phi) is 7.56. The number of piperidine rings is 1. The van der Waals surface area contributed by atoms with Gasteiger partial charge in [-0.1, -0.05) is 30.3 Å². The molecule has 0 unspecified atom stereocenters. The molecule has 3 amide bonds. The van der Waals surface area contributed by atoms with Gasteiger partial charge in [-0.3, -0.25) is 4.79 Å². The van der Waals surface area contributed by atoms with Crippen LogP contribution in [0.3, 0.4) is 0 Å². The number of halogens is 3. The van der Waals surface area contributed by atoms with Gasteiger partial charge in [0.1, 0.15) is 17.6 Å². The van der Waals surface area contributed by atoms with E-state index in [9.17, 15) is 22.8 Å². The molecule has 0 radical (unpaired) electrons. The van der Waals surface area contributed by atoms with E-state index in [-0.39, 0.29) is 17.8 Å². The Bertz CT molecular complexity index is 1270. The van der Waals surface area contributed by atoms with Crippen molar-refractivity contribution in [2.24, 2.45) is 5.73 Å². The van der Waals surface area contributed by atoms with Crippen molar-refractivity contribution < 1.29 is 32.2 Å². The van der Waals surface area contributed by atoms with Crippen LogP contribution in [0.4, 0.5) is 23.7 Å². The van der Waals surface area contributed by atoms with Crippen molar-refractivity contribution in [2.75, 3.05) is 18.4 Å². The minimum atomic E-state index is -4.78. The Labute approximate surface area is 212 Å². The number of nitrogens with one attached hydrogen (secondary N) is 1. The quantitative estimate of drug-likeness (QED) is 0.440. The number of hydrogen-bond acceptors (Lipinski definition) is 4. The lowest BCUT2D eigenvalue weighted by atomic mass is 9.94. The molecular formula is C27H26F3N3O4. The maximum Gasteiger partial charge on any atom is 0.573 e. The van der Waals surface area contributed by atoms with Gasteiger partial charge in [-0.25, -0.2) is 4.79 Å². The van der Waals surface area contributed by atoms with Gasteiger partial charge in [-0.15, -0.1) is 13.2 Å². The fourth-order valence-corrected chi connectivity index (χ4v) is 4.30. The second-order valence-corrected chi connectivity index (χ2v) is 8.69. The number of benzene rings is 3. The summed E-state index contributed by atoms with van der Waals surface area (Å²) in [6.07, 6.45) is -3.55. The van der Waals surface area contributed by atoms with Gasteiger partial charge in [0.2, 0.25) is 0 Å². The topological polar surface area (TPSA) is 93.9 Å². The number of rotatable bonds is 6. The molecule has 194 valence electrons. The van der Waals surface area contributed by atoms with E-state index in [1.807, 2.05) is 13.0 Å². The monoisotopic (exact) mass is 513 g/mol. The van der Waals surface area contributed by atoms with Gasteiger partial charge in [-0.2, -0.15) is 0 Å². The molecule has 1 aliphatic heterocycles. The molecule has 0 atom stereocenters. The van der Waals surface area contributed by atoms with Gasteiger partial charge in [0.15, 0.2) is 0 Å². The summed E-state index contributed by atoms with van der Waals surface area (Å²) in [5, 5.41) is 2.88. The van der Waals surface area contributed by atoms with E-state index in [1.54, 1.807) is 41.3 Å². The summed E-state index contributed by atoms with van der Waals surface area (Å²) in [5.41, 5.74) is 8.19. The number of nitrogens with zero attached hydrogens (tertiary/aromatic N) is 1. The van der Waals surface area contributed by atoms with Crippen LogP contribution >= 0.6 is 0 Å². The Morgan fingerprint density at radius 2 is 1.65 bits per heavy atom. The third kappa shape index (κ3) is 6.72. The molecule has 3 aromatic carbocycles. The van der Waals surface area contributed by atoms with Crippen LogP contribution < -0.4 is 20.5 Å². The van der Waals surface area contributed by atoms with Crippen LogP contribution in [0.1, 0.15) is 28.8 Å². The third-order valence-corrected chi connectivity index (χ3v) is 6.04. The van der Waals surface area contributed by atoms with Crippen LogP contribution in [0, 0.1) is 6.92 Å². The van der Waals surface area contributed by atoms with Gasteiger partial charge in [0.25, 0.3) is 5.91 Å². The van der Waals surface area contributed by atoms with E-state index >= 15 is 0 Å². The lowest BCUT2D eigenvalue weighted by Gasteiger charge is -2.31. The standard InChI is InChI=1S/C27H26F3N3O4/c1-17-4-2-7-23(24(17)18-8-10-21(11-9-18)37-27(28,29)30)25(34)32-19-5-3-6-22(16-19)36-20-12-14-33(15-13-20)26(31)35/h2-11,16,20H,12-15H2,1H3,(H2,31,35)(H,32,34). The summed E-state index contributed by atoms with van der Waals surface area (Å²) in [7, 11) is 0. The number of carbonyl (C=O) groups is 2. The van der Waals surface area contributed by atoms with Crippen LogP contribution in [0.5, 0.6) is 11.5 Å². The number of alkyl halides is 3. The van der Waals surface area contributed by atoms with Crippen molar-refractivity contribution in [2.45, 2.75) is 32.2 Å². The molecule has 1 fully saturated rings. The minimum Gasteiger partial charge on any atom is -0.490 e. The first kappa shape index (κ1) is 25.9. The van der Waals surface area contributed by atoms with Crippen LogP contribution in [0.15, 0.2) is 66.7 Å². The lowest BCUT2D eigenvalue weighted by molar-refractivity contribution is -0.274. The zero-order valence-corrected chi connectivity index (χ0v) is 20.0. The first-order valence-electron chi connectivity index (χ1n) is 11.7. The molecule has 1 saturated heterocycles. The highest BCUT2D eigenvalue weighted by Crippen LogP contribution is 2.31. The molecule has 0 spiro atoms. The lowest BCUT2D eigenvalue weighted by Crippen LogP contribution is -2.44. The summed E-state index contributed by atoms with van der Waals surface area (Å²) < 4.78 is 47.5. The normalized spacial score (nSPS) is 14.2. The maximum atomic E-state index is 13.2. The summed E-state index contributed by atoms with van der Waals surface area (Å²) in [4.78, 5) is 26.1. The number of primary amides is 1. The number of urea groups is 1. The highest BCUT2D eigenvalue weighted by Gasteiger charge is 2.31. The van der Waals surface area contributed by atoms with E-state index in [1.165, 1.54) is 24.3 Å². The molecule has 0 saturated carbocycles. The third-order valence-electron chi connectivity index (χ3n) is 6.04. The van der Waals surface area contributed by atoms with Crippen molar-refractivity contribution in [1.82, 2.24) is 4.90 Å². The van der Waals surface area contributed by atoms with Gasteiger partial charge in [-0.05, 0) is 53.9 Å². The zero-order chi connectivity index (χ0) is 26.6. The van der Waals surface area contributed by atoms with Crippen LogP contribution in [0.25, 0.3) is 11.1 Å². The van der Waals surface area contributed by atoms with Gasteiger partial charge in [0.05, 0.1) is 0 Å². The molecule has 1 aliphatic rings. The zero-order valence-electron chi connectivity index (χ0n) is 20.0. The van der Waals surface area contributed by atoms with Crippen LogP contribution in [0.2, 0.25) is 0 Å². The molecule has 0 bridgehead atoms. The summed E-state index contributed by atoms with van der Waals surface area (Å²) in [6, 6.07) is 17.2. The van der Waals surface area contributed by atoms with Crippen molar-refractivity contribution >= 4 is 17.6 Å². The Morgan fingerprint density at radius 1 is 0.973 bits per heavy atom. The minimum absolute atomic E-state index is 0.0748. The van der Waals surface area contributed by atoms with Crippen molar-refractivity contribution in [1.29, 1.82) is 0 Å². The summed E-state index contributed by atoms with van der Waals surface area (Å²) >= 11 is 0. The maximum absolute atomic E-state index is 13.2. The molecule has 3 aromatic rings. The SMILES string of the molecule is Cc1cccc(C(=O)Nc2cccc(OC3CCN(C(N)=O)CC3)c2)c1-c1ccc(OC(F)(F)F)cc1. The predicted octanol–water partition coefficient (Wildman–Crippen LogP) is 5.73. The van der Waals surface area contributed by atoms with Crippen molar-refractivity contribution in [3.05, 3.63) is 77.9 Å². The molecular weight excluding hydrogens is 487 g/mol. The first-order chi connectivity index (χ1) is 17.6. The number of carbonyl (C=O) groups excluding carboxylic acids is 2. The smallest absolute Gasteiger partial charge is 0.490 e. The largest absolute Gasteiger partial charge is 0.573 e. The van der Waals surface area contributed by atoms with E-state index in [4.69, 9.17) is 10.5 Å². The fourth-order valence-electron chi connectivity index (χ4n) is 4.30. The highest BCUT2D eigenvalue weighted by atomic mass is 19.4.